The molecule has 0 heterocycles. The van der Waals surface area contributed by atoms with Crippen LogP contribution in [0.25, 0.3) is 0 Å². The molecule has 2 aromatic rings. The van der Waals surface area contributed by atoms with E-state index in [1.165, 1.54) is 0 Å². The van der Waals surface area contributed by atoms with Gasteiger partial charge in [-0.3, -0.25) is 0 Å². The zero-order chi connectivity index (χ0) is 14.5. The normalized spacial score (nSPS) is 11.8. The third-order valence-corrected chi connectivity index (χ3v) is 2.92. The summed E-state index contributed by atoms with van der Waals surface area (Å²) in [7, 11) is 3.19. The number of ether oxygens (including phenoxy) is 3. The van der Waals surface area contributed by atoms with Crippen molar-refractivity contribution >= 4 is 0 Å². The maximum atomic E-state index is 9.47. The molecule has 2 rings (SSSR count). The summed E-state index contributed by atoms with van der Waals surface area (Å²) in [5, 5.41) is 9.47. The average Bonchev–Trinajstić information content (AvgIpc) is 2.47. The maximum absolute atomic E-state index is 9.47. The van der Waals surface area contributed by atoms with E-state index in [9.17, 15) is 5.11 Å². The highest BCUT2D eigenvalue weighted by atomic mass is 16.5. The fourth-order valence-corrected chi connectivity index (χ4v) is 1.79. The van der Waals surface area contributed by atoms with Crippen molar-refractivity contribution in [2.24, 2.45) is 0 Å². The molecule has 2 aromatic carbocycles. The standard InChI is InChI=1S/C16H18O4/c1-11(17)12-4-6-13(7-5-12)20-16-9-14(18-2)8-15(10-16)19-3/h4-11,17H,1-3H3/t11-/m1/s1. The van der Waals surface area contributed by atoms with Crippen LogP contribution in [0.3, 0.4) is 0 Å². The minimum Gasteiger partial charge on any atom is -0.496 e. The van der Waals surface area contributed by atoms with E-state index in [1.807, 2.05) is 24.3 Å². The summed E-state index contributed by atoms with van der Waals surface area (Å²) in [5.74, 6) is 2.65. The highest BCUT2D eigenvalue weighted by Gasteiger charge is 2.05. The summed E-state index contributed by atoms with van der Waals surface area (Å²) in [6, 6.07) is 12.6. The molecule has 1 N–H and O–H groups in total. The molecular weight excluding hydrogens is 256 g/mol. The first-order valence-corrected chi connectivity index (χ1v) is 6.31. The Hall–Kier alpha value is -2.20. The lowest BCUT2D eigenvalue weighted by atomic mass is 10.1. The van der Waals surface area contributed by atoms with Crippen LogP contribution in [-0.4, -0.2) is 19.3 Å². The number of aliphatic hydroxyl groups excluding tert-OH is 1. The quantitative estimate of drug-likeness (QED) is 0.905. The molecule has 0 radical (unpaired) electrons. The molecule has 4 heteroatoms. The van der Waals surface area contributed by atoms with Gasteiger partial charge in [0, 0.05) is 18.2 Å². The average molecular weight is 274 g/mol. The Morgan fingerprint density at radius 3 is 1.75 bits per heavy atom. The number of hydrogen-bond acceptors (Lipinski definition) is 4. The second-order valence-corrected chi connectivity index (χ2v) is 4.40. The molecule has 20 heavy (non-hydrogen) atoms. The zero-order valence-electron chi connectivity index (χ0n) is 11.8. The molecule has 0 amide bonds. The topological polar surface area (TPSA) is 47.9 Å². The largest absolute Gasteiger partial charge is 0.496 e. The first-order valence-electron chi connectivity index (χ1n) is 6.31. The Bertz CT molecular complexity index is 539. The second kappa shape index (κ2) is 6.30. The minimum atomic E-state index is -0.485. The van der Waals surface area contributed by atoms with Crippen molar-refractivity contribution in [2.45, 2.75) is 13.0 Å². The van der Waals surface area contributed by atoms with Crippen LogP contribution >= 0.6 is 0 Å². The van der Waals surface area contributed by atoms with Crippen molar-refractivity contribution in [3.05, 3.63) is 48.0 Å². The van der Waals surface area contributed by atoms with Crippen LogP contribution in [0.5, 0.6) is 23.0 Å². The van der Waals surface area contributed by atoms with Crippen molar-refractivity contribution in [3.8, 4) is 23.0 Å². The van der Waals surface area contributed by atoms with Gasteiger partial charge in [-0.15, -0.1) is 0 Å². The van der Waals surface area contributed by atoms with Crippen LogP contribution in [0.4, 0.5) is 0 Å². The van der Waals surface area contributed by atoms with Crippen molar-refractivity contribution < 1.29 is 19.3 Å². The molecule has 0 unspecified atom stereocenters. The molecule has 0 saturated carbocycles. The molecule has 0 aliphatic rings. The Morgan fingerprint density at radius 1 is 0.800 bits per heavy atom. The van der Waals surface area contributed by atoms with Crippen LogP contribution in [0.15, 0.2) is 42.5 Å². The van der Waals surface area contributed by atoms with Crippen molar-refractivity contribution in [2.75, 3.05) is 14.2 Å². The summed E-state index contributed by atoms with van der Waals surface area (Å²) in [6.07, 6.45) is -0.485. The van der Waals surface area contributed by atoms with E-state index < -0.39 is 6.10 Å². The number of rotatable bonds is 5. The van der Waals surface area contributed by atoms with Gasteiger partial charge in [0.15, 0.2) is 0 Å². The first-order chi connectivity index (χ1) is 9.62. The molecule has 0 saturated heterocycles. The van der Waals surface area contributed by atoms with Gasteiger partial charge in [0.25, 0.3) is 0 Å². The second-order valence-electron chi connectivity index (χ2n) is 4.40. The lowest BCUT2D eigenvalue weighted by Crippen LogP contribution is -1.92. The van der Waals surface area contributed by atoms with E-state index in [0.717, 1.165) is 5.56 Å². The first kappa shape index (κ1) is 14.2. The summed E-state index contributed by atoms with van der Waals surface area (Å²) < 4.78 is 16.1. The van der Waals surface area contributed by atoms with Gasteiger partial charge in [-0.05, 0) is 24.6 Å². The minimum absolute atomic E-state index is 0.485. The zero-order valence-corrected chi connectivity index (χ0v) is 11.8. The lowest BCUT2D eigenvalue weighted by Gasteiger charge is -2.11. The van der Waals surface area contributed by atoms with Crippen LogP contribution in [-0.2, 0) is 0 Å². The number of methoxy groups -OCH3 is 2. The Kier molecular flexibility index (Phi) is 4.48. The molecule has 0 bridgehead atoms. The van der Waals surface area contributed by atoms with Crippen LogP contribution in [0.1, 0.15) is 18.6 Å². The fourth-order valence-electron chi connectivity index (χ4n) is 1.79. The highest BCUT2D eigenvalue weighted by molar-refractivity contribution is 5.44. The summed E-state index contributed by atoms with van der Waals surface area (Å²) in [4.78, 5) is 0. The molecule has 0 aliphatic heterocycles. The predicted molar refractivity (Wildman–Crippen MR) is 76.7 cm³/mol. The third-order valence-electron chi connectivity index (χ3n) is 2.92. The van der Waals surface area contributed by atoms with Crippen LogP contribution < -0.4 is 14.2 Å². The van der Waals surface area contributed by atoms with E-state index in [0.29, 0.717) is 23.0 Å². The molecule has 4 nitrogen and oxygen atoms in total. The Labute approximate surface area is 118 Å². The van der Waals surface area contributed by atoms with Gasteiger partial charge in [-0.1, -0.05) is 12.1 Å². The number of hydrogen-bond donors (Lipinski definition) is 1. The van der Waals surface area contributed by atoms with Crippen molar-refractivity contribution in [3.63, 3.8) is 0 Å². The van der Waals surface area contributed by atoms with Gasteiger partial charge >= 0.3 is 0 Å². The third kappa shape index (κ3) is 3.42. The van der Waals surface area contributed by atoms with Gasteiger partial charge < -0.3 is 19.3 Å². The van der Waals surface area contributed by atoms with E-state index in [2.05, 4.69) is 0 Å². The molecule has 1 atom stereocenters. The van der Waals surface area contributed by atoms with Gasteiger partial charge in [-0.25, -0.2) is 0 Å². The molecule has 0 aliphatic carbocycles. The molecule has 0 fully saturated rings. The molecular formula is C16H18O4. The van der Waals surface area contributed by atoms with Gasteiger partial charge in [0.05, 0.1) is 20.3 Å². The van der Waals surface area contributed by atoms with E-state index in [1.54, 1.807) is 39.3 Å². The summed E-state index contributed by atoms with van der Waals surface area (Å²) >= 11 is 0. The SMILES string of the molecule is COc1cc(OC)cc(Oc2ccc([C@@H](C)O)cc2)c1. The Morgan fingerprint density at radius 2 is 1.30 bits per heavy atom. The van der Waals surface area contributed by atoms with Crippen LogP contribution in [0.2, 0.25) is 0 Å². The number of aliphatic hydroxyl groups is 1. The van der Waals surface area contributed by atoms with Gasteiger partial charge in [0.2, 0.25) is 0 Å². The molecule has 0 aromatic heterocycles. The fraction of sp³-hybridized carbons (Fsp3) is 0.250. The smallest absolute Gasteiger partial charge is 0.134 e. The lowest BCUT2D eigenvalue weighted by molar-refractivity contribution is 0.199. The molecule has 0 spiro atoms. The summed E-state index contributed by atoms with van der Waals surface area (Å²) in [5.41, 5.74) is 0.848. The Balaban J connectivity index is 2.20. The number of benzene rings is 2. The van der Waals surface area contributed by atoms with E-state index >= 15 is 0 Å². The van der Waals surface area contributed by atoms with Gasteiger partial charge in [-0.2, -0.15) is 0 Å². The van der Waals surface area contributed by atoms with Crippen LogP contribution in [0, 0.1) is 0 Å². The molecule has 106 valence electrons. The van der Waals surface area contributed by atoms with Crippen molar-refractivity contribution in [1.82, 2.24) is 0 Å². The predicted octanol–water partition coefficient (Wildman–Crippen LogP) is 3.55. The van der Waals surface area contributed by atoms with Gasteiger partial charge in [0.1, 0.15) is 23.0 Å². The van der Waals surface area contributed by atoms with E-state index in [4.69, 9.17) is 14.2 Å². The monoisotopic (exact) mass is 274 g/mol. The summed E-state index contributed by atoms with van der Waals surface area (Å²) in [6.45, 7) is 1.72. The maximum Gasteiger partial charge on any atom is 0.134 e. The highest BCUT2D eigenvalue weighted by Crippen LogP contribution is 2.31. The van der Waals surface area contributed by atoms with E-state index in [-0.39, 0.29) is 0 Å². The van der Waals surface area contributed by atoms with Crippen molar-refractivity contribution in [1.29, 1.82) is 0 Å².